The Hall–Kier alpha value is -0.570. The van der Waals surface area contributed by atoms with Crippen molar-refractivity contribution in [1.82, 2.24) is 4.72 Å². The molecule has 3 heteroatoms. The molecule has 0 saturated heterocycles. The third kappa shape index (κ3) is 1.16. The van der Waals surface area contributed by atoms with Crippen LogP contribution < -0.4 is 4.72 Å². The van der Waals surface area contributed by atoms with Crippen molar-refractivity contribution in [2.45, 2.75) is 0 Å². The zero-order chi connectivity index (χ0) is 5.11. The molecule has 1 rings (SSSR count). The first-order valence-corrected chi connectivity index (χ1v) is 2.73. The summed E-state index contributed by atoms with van der Waals surface area (Å²) in [5.41, 5.74) is 0. The second-order valence-electron chi connectivity index (χ2n) is 1.08. The Morgan fingerprint density at radius 1 is 1.71 bits per heavy atom. The first-order valence-electron chi connectivity index (χ1n) is 1.85. The normalized spacial score (nSPS) is 18.0. The van der Waals surface area contributed by atoms with E-state index in [4.69, 9.17) is 0 Å². The summed E-state index contributed by atoms with van der Waals surface area (Å²) in [5, 5.41) is 12.0. The quantitative estimate of drug-likeness (QED) is 0.477. The average Bonchev–Trinajstić information content (AvgIpc) is 1.69. The van der Waals surface area contributed by atoms with Gasteiger partial charge in [0.05, 0.1) is 0 Å². The lowest BCUT2D eigenvalue weighted by molar-refractivity contribution is 0.284. The maximum absolute atomic E-state index is 10.2. The van der Waals surface area contributed by atoms with E-state index in [2.05, 4.69) is 4.72 Å². The maximum Gasteiger partial charge on any atom is 0.254 e. The van der Waals surface area contributed by atoms with E-state index in [0.29, 0.717) is 0 Å². The van der Waals surface area contributed by atoms with Crippen LogP contribution in [0.2, 0.25) is 0 Å². The standard InChI is InChI=1S/C4H4NOS/c6-4-2-1-3-7-5-4/h1-3,5H. The smallest absolute Gasteiger partial charge is 0.254 e. The Morgan fingerprint density at radius 2 is 2.57 bits per heavy atom. The van der Waals surface area contributed by atoms with Gasteiger partial charge >= 0.3 is 0 Å². The molecule has 2 nitrogen and oxygen atoms in total. The van der Waals surface area contributed by atoms with Crippen molar-refractivity contribution in [3.63, 3.8) is 0 Å². The van der Waals surface area contributed by atoms with Gasteiger partial charge in [0.25, 0.3) is 5.88 Å². The van der Waals surface area contributed by atoms with E-state index in [9.17, 15) is 5.11 Å². The number of allylic oxidation sites excluding steroid dienone is 2. The predicted octanol–water partition coefficient (Wildman–Crippen LogP) is 1.02. The average molecular weight is 114 g/mol. The summed E-state index contributed by atoms with van der Waals surface area (Å²) in [6, 6.07) is 0. The van der Waals surface area contributed by atoms with E-state index >= 15 is 0 Å². The van der Waals surface area contributed by atoms with Crippen LogP contribution in [-0.2, 0) is 5.11 Å². The minimum Gasteiger partial charge on any atom is -0.293 e. The second-order valence-corrected chi connectivity index (χ2v) is 1.79. The van der Waals surface area contributed by atoms with E-state index < -0.39 is 0 Å². The molecule has 1 heterocycles. The molecule has 0 aromatic heterocycles. The monoisotopic (exact) mass is 114 g/mol. The molecule has 0 aliphatic carbocycles. The van der Waals surface area contributed by atoms with Crippen molar-refractivity contribution in [3.8, 4) is 0 Å². The molecule has 7 heavy (non-hydrogen) atoms. The molecular formula is C4H4NOS. The van der Waals surface area contributed by atoms with Crippen LogP contribution in [0.15, 0.2) is 23.4 Å². The highest BCUT2D eigenvalue weighted by atomic mass is 32.2. The van der Waals surface area contributed by atoms with Gasteiger partial charge in [-0.3, -0.25) is 9.83 Å². The molecular weight excluding hydrogens is 110 g/mol. The summed E-state index contributed by atoms with van der Waals surface area (Å²) >= 11 is 1.29. The van der Waals surface area contributed by atoms with Crippen molar-refractivity contribution >= 4 is 11.9 Å². The van der Waals surface area contributed by atoms with Gasteiger partial charge in [0.15, 0.2) is 0 Å². The number of nitrogens with one attached hydrogen (secondary N) is 1. The molecule has 1 aliphatic rings. The zero-order valence-electron chi connectivity index (χ0n) is 3.55. The Bertz CT molecular complexity index is 119. The second kappa shape index (κ2) is 1.93. The van der Waals surface area contributed by atoms with Gasteiger partial charge in [-0.2, -0.15) is 0 Å². The van der Waals surface area contributed by atoms with Crippen LogP contribution in [0.3, 0.4) is 0 Å². The maximum atomic E-state index is 10.2. The fraction of sp³-hybridized carbons (Fsp3) is 0. The van der Waals surface area contributed by atoms with Gasteiger partial charge in [0.2, 0.25) is 0 Å². The van der Waals surface area contributed by atoms with Crippen molar-refractivity contribution < 1.29 is 5.11 Å². The van der Waals surface area contributed by atoms with Gasteiger partial charge < -0.3 is 0 Å². The summed E-state index contributed by atoms with van der Waals surface area (Å²) in [6.07, 6.45) is 3.19. The van der Waals surface area contributed by atoms with Crippen molar-refractivity contribution in [2.24, 2.45) is 0 Å². The van der Waals surface area contributed by atoms with E-state index in [1.54, 1.807) is 11.5 Å². The van der Waals surface area contributed by atoms with E-state index in [1.807, 2.05) is 0 Å². The molecule has 1 radical (unpaired) electrons. The lowest BCUT2D eigenvalue weighted by Gasteiger charge is -1.97. The molecule has 0 atom stereocenters. The van der Waals surface area contributed by atoms with Gasteiger partial charge in [-0.05, 0) is 23.4 Å². The molecule has 0 spiro atoms. The Balaban J connectivity index is 2.57. The van der Waals surface area contributed by atoms with Crippen molar-refractivity contribution in [1.29, 1.82) is 0 Å². The Morgan fingerprint density at radius 3 is 2.86 bits per heavy atom. The van der Waals surface area contributed by atoms with Crippen molar-refractivity contribution in [2.75, 3.05) is 0 Å². The number of hydrogen-bond donors (Lipinski definition) is 1. The predicted molar refractivity (Wildman–Crippen MR) is 28.6 cm³/mol. The summed E-state index contributed by atoms with van der Waals surface area (Å²) in [6.45, 7) is 0. The van der Waals surface area contributed by atoms with Crippen LogP contribution in [0.25, 0.3) is 0 Å². The lowest BCUT2D eigenvalue weighted by Crippen LogP contribution is -2.00. The van der Waals surface area contributed by atoms with Gasteiger partial charge in [-0.1, -0.05) is 0 Å². The molecule has 0 unspecified atom stereocenters. The van der Waals surface area contributed by atoms with Gasteiger partial charge in [-0.15, -0.1) is 0 Å². The number of hydrogen-bond acceptors (Lipinski definition) is 2. The van der Waals surface area contributed by atoms with E-state index in [1.165, 1.54) is 18.0 Å². The minimum absolute atomic E-state index is 0.0347. The van der Waals surface area contributed by atoms with E-state index in [0.717, 1.165) is 0 Å². The highest BCUT2D eigenvalue weighted by Gasteiger charge is 1.92. The summed E-state index contributed by atoms with van der Waals surface area (Å²) in [5.74, 6) is -0.0347. The summed E-state index contributed by atoms with van der Waals surface area (Å²) in [4.78, 5) is 0. The molecule has 0 bridgehead atoms. The molecule has 0 fully saturated rings. The molecule has 1 N–H and O–H groups in total. The fourth-order valence-corrected chi connectivity index (χ4v) is 0.701. The first-order chi connectivity index (χ1) is 3.39. The zero-order valence-corrected chi connectivity index (χ0v) is 4.37. The highest BCUT2D eigenvalue weighted by Crippen LogP contribution is 2.04. The molecule has 37 valence electrons. The summed E-state index contributed by atoms with van der Waals surface area (Å²) < 4.78 is 2.52. The van der Waals surface area contributed by atoms with Crippen LogP contribution in [0.1, 0.15) is 0 Å². The van der Waals surface area contributed by atoms with Gasteiger partial charge in [0.1, 0.15) is 0 Å². The molecule has 0 amide bonds. The number of rotatable bonds is 0. The SMILES string of the molecule is [O]C1=CC=CSN1. The minimum atomic E-state index is -0.0347. The topological polar surface area (TPSA) is 31.9 Å². The van der Waals surface area contributed by atoms with Crippen LogP contribution in [-0.4, -0.2) is 0 Å². The third-order valence-corrected chi connectivity index (χ3v) is 1.17. The molecule has 0 aromatic rings. The van der Waals surface area contributed by atoms with Crippen LogP contribution in [0, 0.1) is 0 Å². The van der Waals surface area contributed by atoms with Crippen LogP contribution >= 0.6 is 11.9 Å². The first kappa shape index (κ1) is 4.59. The molecule has 0 aromatic carbocycles. The lowest BCUT2D eigenvalue weighted by atomic mass is 10.6. The molecule has 0 saturated carbocycles. The Kier molecular flexibility index (Phi) is 1.26. The molecule has 1 aliphatic heterocycles. The van der Waals surface area contributed by atoms with Gasteiger partial charge in [0, 0.05) is 6.08 Å². The summed E-state index contributed by atoms with van der Waals surface area (Å²) in [7, 11) is 0. The van der Waals surface area contributed by atoms with Crippen molar-refractivity contribution in [3.05, 3.63) is 23.4 Å². The van der Waals surface area contributed by atoms with Crippen LogP contribution in [0.4, 0.5) is 0 Å². The Labute approximate surface area is 46.1 Å². The fourth-order valence-electron chi connectivity index (χ4n) is 0.292. The van der Waals surface area contributed by atoms with Crippen LogP contribution in [0.5, 0.6) is 0 Å². The largest absolute Gasteiger partial charge is 0.293 e. The highest BCUT2D eigenvalue weighted by molar-refractivity contribution is 8.00. The van der Waals surface area contributed by atoms with E-state index in [-0.39, 0.29) is 5.88 Å². The van der Waals surface area contributed by atoms with Gasteiger partial charge in [-0.25, -0.2) is 0 Å². The third-order valence-electron chi connectivity index (χ3n) is 0.554.